The van der Waals surface area contributed by atoms with E-state index in [0.29, 0.717) is 13.1 Å². The lowest BCUT2D eigenvalue weighted by Gasteiger charge is -2.27. The van der Waals surface area contributed by atoms with E-state index in [-0.39, 0.29) is 58.1 Å². The molecule has 2 unspecified atom stereocenters. The highest BCUT2D eigenvalue weighted by molar-refractivity contribution is 5.83. The highest BCUT2D eigenvalue weighted by Crippen LogP contribution is 2.21. The molecule has 19 heteroatoms. The highest BCUT2D eigenvalue weighted by atomic mass is 16.4. The predicted molar refractivity (Wildman–Crippen MR) is 217 cm³/mol. The van der Waals surface area contributed by atoms with Crippen LogP contribution < -0.4 is 21.3 Å². The van der Waals surface area contributed by atoms with Crippen LogP contribution in [0.15, 0.2) is 0 Å². The molecule has 19 nitrogen and oxygen atoms in total. The van der Waals surface area contributed by atoms with Crippen molar-refractivity contribution < 1.29 is 74.7 Å². The molecule has 0 fully saturated rings. The van der Waals surface area contributed by atoms with E-state index in [1.165, 1.54) is 20.8 Å². The summed E-state index contributed by atoms with van der Waals surface area (Å²) >= 11 is 0. The summed E-state index contributed by atoms with van der Waals surface area (Å²) in [5, 5.41) is 92.2. The molecule has 0 bridgehead atoms. The van der Waals surface area contributed by atoms with Crippen molar-refractivity contribution in [1.82, 2.24) is 21.3 Å². The molecule has 4 atom stereocenters. The SMILES string of the molecule is CC(=O)CCNC(=O)[C@H](O)C(C)(C)CO.CC(C)(CO)C(O)C(=O)NCCC(=O)O.CCCCNC(=O)C(O)C(C)(C)CO.CCCCNC(=O)[C@H](O)C(C)(C)CO. The van der Waals surface area contributed by atoms with Crippen LogP contribution in [0.25, 0.3) is 0 Å². The van der Waals surface area contributed by atoms with Crippen molar-refractivity contribution in [2.45, 2.75) is 139 Å². The summed E-state index contributed by atoms with van der Waals surface area (Å²) in [6.07, 6.45) is -1.06. The van der Waals surface area contributed by atoms with E-state index in [9.17, 15) is 49.2 Å². The van der Waals surface area contributed by atoms with Gasteiger partial charge in [0.1, 0.15) is 30.2 Å². The molecular weight excluding hydrogens is 764 g/mol. The topological polar surface area (TPSA) is 333 Å². The number of carbonyl (C=O) groups is 6. The zero-order valence-electron chi connectivity index (χ0n) is 36.7. The van der Waals surface area contributed by atoms with Gasteiger partial charge in [0.2, 0.25) is 23.6 Å². The maximum atomic E-state index is 11.4. The molecule has 0 spiro atoms. The summed E-state index contributed by atoms with van der Waals surface area (Å²) in [6, 6.07) is 0. The van der Waals surface area contributed by atoms with Crippen LogP contribution in [0.5, 0.6) is 0 Å². The van der Waals surface area contributed by atoms with E-state index in [1.807, 2.05) is 13.8 Å². The summed E-state index contributed by atoms with van der Waals surface area (Å²) in [7, 11) is 0. The Morgan fingerprint density at radius 2 is 0.672 bits per heavy atom. The number of aliphatic hydroxyl groups is 8. The molecule has 0 heterocycles. The molecule has 58 heavy (non-hydrogen) atoms. The first-order valence-corrected chi connectivity index (χ1v) is 19.5. The van der Waals surface area contributed by atoms with Crippen LogP contribution in [0.2, 0.25) is 0 Å². The molecule has 0 aliphatic rings. The van der Waals surface area contributed by atoms with E-state index in [1.54, 1.807) is 41.5 Å². The molecule has 0 saturated carbocycles. The predicted octanol–water partition coefficient (Wildman–Crippen LogP) is -1.02. The Morgan fingerprint density at radius 1 is 0.448 bits per heavy atom. The number of carbonyl (C=O) groups excluding carboxylic acids is 5. The van der Waals surface area contributed by atoms with Gasteiger partial charge in [-0.2, -0.15) is 0 Å². The van der Waals surface area contributed by atoms with Crippen molar-refractivity contribution in [3.05, 3.63) is 0 Å². The van der Waals surface area contributed by atoms with Crippen molar-refractivity contribution in [2.24, 2.45) is 21.7 Å². The number of hydrogen-bond acceptors (Lipinski definition) is 14. The van der Waals surface area contributed by atoms with Gasteiger partial charge in [0.25, 0.3) is 0 Å². The second-order valence-electron chi connectivity index (χ2n) is 16.7. The highest BCUT2D eigenvalue weighted by Gasteiger charge is 2.35. The second kappa shape index (κ2) is 31.6. The van der Waals surface area contributed by atoms with Crippen molar-refractivity contribution in [3.8, 4) is 0 Å². The van der Waals surface area contributed by atoms with Crippen LogP contribution in [0.4, 0.5) is 0 Å². The minimum absolute atomic E-state index is 0.0220. The summed E-state index contributed by atoms with van der Waals surface area (Å²) in [4.78, 5) is 66.1. The van der Waals surface area contributed by atoms with Gasteiger partial charge in [-0.15, -0.1) is 0 Å². The van der Waals surface area contributed by atoms with Gasteiger partial charge in [-0.25, -0.2) is 0 Å². The zero-order valence-corrected chi connectivity index (χ0v) is 36.7. The largest absolute Gasteiger partial charge is 0.481 e. The van der Waals surface area contributed by atoms with Gasteiger partial charge in [0.15, 0.2) is 0 Å². The maximum absolute atomic E-state index is 11.4. The fourth-order valence-electron chi connectivity index (χ4n) is 3.58. The Morgan fingerprint density at radius 3 is 0.862 bits per heavy atom. The lowest BCUT2D eigenvalue weighted by atomic mass is 9.87. The number of rotatable bonds is 24. The molecule has 0 rings (SSSR count). The molecule has 0 aliphatic heterocycles. The molecule has 0 aromatic carbocycles. The number of aliphatic carboxylic acids is 1. The Balaban J connectivity index is -0.000000335. The fraction of sp³-hybridized carbons (Fsp3) is 0.846. The molecule has 0 saturated heterocycles. The normalized spacial score (nSPS) is 13.6. The maximum Gasteiger partial charge on any atom is 0.305 e. The van der Waals surface area contributed by atoms with Gasteiger partial charge in [0.05, 0.1) is 32.8 Å². The minimum Gasteiger partial charge on any atom is -0.481 e. The van der Waals surface area contributed by atoms with Gasteiger partial charge in [-0.3, -0.25) is 28.8 Å². The van der Waals surface area contributed by atoms with Crippen LogP contribution in [0.3, 0.4) is 0 Å². The third-order valence-corrected chi connectivity index (χ3v) is 8.66. The Hall–Kier alpha value is -3.30. The van der Waals surface area contributed by atoms with Crippen molar-refractivity contribution in [2.75, 3.05) is 52.6 Å². The van der Waals surface area contributed by atoms with Crippen LogP contribution in [-0.2, 0) is 28.8 Å². The third kappa shape index (κ3) is 28.2. The first-order chi connectivity index (χ1) is 26.5. The average molecular weight is 843 g/mol. The summed E-state index contributed by atoms with van der Waals surface area (Å²) in [5.74, 6) is -3.09. The average Bonchev–Trinajstić information content (AvgIpc) is 3.16. The van der Waals surface area contributed by atoms with Gasteiger partial charge >= 0.3 is 5.97 Å². The number of nitrogens with one attached hydrogen (secondary N) is 4. The van der Waals surface area contributed by atoms with Gasteiger partial charge in [0, 0.05) is 54.3 Å². The van der Waals surface area contributed by atoms with Crippen LogP contribution in [-0.4, -0.2) is 158 Å². The van der Waals surface area contributed by atoms with E-state index < -0.39 is 75.7 Å². The van der Waals surface area contributed by atoms with Crippen LogP contribution in [0.1, 0.15) is 115 Å². The number of carboxylic acid groups (broad SMARTS) is 1. The summed E-state index contributed by atoms with van der Waals surface area (Å²) < 4.78 is 0. The fourth-order valence-corrected chi connectivity index (χ4v) is 3.58. The second-order valence-corrected chi connectivity index (χ2v) is 16.7. The van der Waals surface area contributed by atoms with E-state index in [4.69, 9.17) is 25.5 Å². The monoisotopic (exact) mass is 843 g/mol. The smallest absolute Gasteiger partial charge is 0.305 e. The first kappa shape index (κ1) is 61.4. The van der Waals surface area contributed by atoms with E-state index in [0.717, 1.165) is 25.7 Å². The summed E-state index contributed by atoms with van der Waals surface area (Å²) in [6.45, 7) is 18.6. The molecule has 0 aromatic heterocycles. The number of hydrogen-bond donors (Lipinski definition) is 13. The number of unbranched alkanes of at least 4 members (excludes halogenated alkanes) is 2. The Bertz CT molecular complexity index is 1110. The molecular formula is C39H78N4O15. The number of amides is 4. The Kier molecular flexibility index (Phi) is 33.4. The summed E-state index contributed by atoms with van der Waals surface area (Å²) in [5.41, 5.74) is -3.37. The van der Waals surface area contributed by atoms with Gasteiger partial charge < -0.3 is 67.2 Å². The van der Waals surface area contributed by atoms with Crippen LogP contribution in [0, 0.1) is 21.7 Å². The van der Waals surface area contributed by atoms with E-state index >= 15 is 0 Å². The van der Waals surface area contributed by atoms with Crippen molar-refractivity contribution >= 4 is 35.4 Å². The number of carboxylic acids is 1. The zero-order chi connectivity index (χ0) is 46.5. The molecule has 344 valence electrons. The van der Waals surface area contributed by atoms with E-state index in [2.05, 4.69) is 21.3 Å². The Labute approximate surface area is 344 Å². The lowest BCUT2D eigenvalue weighted by Crippen LogP contribution is -2.45. The molecule has 0 aromatic rings. The minimum atomic E-state index is -1.35. The number of Topliss-reactive ketones (excluding diaryl/α,β-unsaturated/α-hetero) is 1. The van der Waals surface area contributed by atoms with Crippen molar-refractivity contribution in [1.29, 1.82) is 0 Å². The van der Waals surface area contributed by atoms with Crippen molar-refractivity contribution in [3.63, 3.8) is 0 Å². The van der Waals surface area contributed by atoms with Gasteiger partial charge in [-0.1, -0.05) is 82.1 Å². The molecule has 13 N–H and O–H groups in total. The standard InChI is InChI=1S/C10H19NO4.2C10H21NO3.C9H17NO5/c1-7(13)4-5-11-9(15)8(14)10(2,3)6-12;2*1-4-5-6-11-9(14)8(13)10(2,3)7-12;1-9(2,5-11)7(14)8(15)10-4-3-6(12)13/h8,12,14H,4-6H2,1-3H3,(H,11,15);2*8,12-13H,4-7H2,1-3H3,(H,11,14);7,11,14H,3-5H2,1-2H3,(H,10,15)(H,12,13)/t2*8-;;/m00../s1. The van der Waals surface area contributed by atoms with Gasteiger partial charge in [-0.05, 0) is 19.8 Å². The number of aliphatic hydroxyl groups excluding tert-OH is 8. The molecule has 0 radical (unpaired) electrons. The number of ketones is 1. The van der Waals surface area contributed by atoms with Crippen LogP contribution >= 0.6 is 0 Å². The lowest BCUT2D eigenvalue weighted by molar-refractivity contribution is -0.139. The first-order valence-electron chi connectivity index (χ1n) is 19.5. The quantitative estimate of drug-likeness (QED) is 0.0518. The third-order valence-electron chi connectivity index (χ3n) is 8.66. The molecule has 0 aliphatic carbocycles. The molecule has 4 amide bonds.